The van der Waals surface area contributed by atoms with Gasteiger partial charge in [0.2, 0.25) is 5.76 Å². The molecule has 0 fully saturated rings. The Labute approximate surface area is 81.2 Å². The molecule has 1 heterocycles. The first-order valence-corrected chi connectivity index (χ1v) is 4.14. The zero-order valence-corrected chi connectivity index (χ0v) is 7.76. The van der Waals surface area contributed by atoms with Crippen LogP contribution in [0.4, 0.5) is 0 Å². The molecule has 13 heavy (non-hydrogen) atoms. The van der Waals surface area contributed by atoms with Crippen molar-refractivity contribution in [1.82, 2.24) is 5.32 Å². The molecule has 0 bridgehead atoms. The quantitative estimate of drug-likeness (QED) is 0.736. The van der Waals surface area contributed by atoms with E-state index in [0.29, 0.717) is 18.2 Å². The van der Waals surface area contributed by atoms with E-state index in [9.17, 15) is 4.79 Å². The fourth-order valence-electron chi connectivity index (χ4n) is 0.751. The lowest BCUT2D eigenvalue weighted by Crippen LogP contribution is -2.29. The number of amides is 1. The molecular formula is C8H10ClNO3. The van der Waals surface area contributed by atoms with E-state index in [4.69, 9.17) is 21.1 Å². The van der Waals surface area contributed by atoms with Crippen molar-refractivity contribution in [3.63, 3.8) is 0 Å². The maximum atomic E-state index is 11.2. The second-order valence-corrected chi connectivity index (χ2v) is 2.94. The first-order chi connectivity index (χ1) is 6.20. The molecule has 0 aromatic heterocycles. The van der Waals surface area contributed by atoms with Gasteiger partial charge in [0.25, 0.3) is 5.91 Å². The number of halogens is 1. The maximum absolute atomic E-state index is 11.2. The summed E-state index contributed by atoms with van der Waals surface area (Å²) in [5, 5.41) is 2.87. The summed E-state index contributed by atoms with van der Waals surface area (Å²) in [6, 6.07) is 0. The van der Waals surface area contributed by atoms with Crippen molar-refractivity contribution in [2.24, 2.45) is 0 Å². The highest BCUT2D eigenvalue weighted by atomic mass is 35.5. The summed E-state index contributed by atoms with van der Waals surface area (Å²) >= 11 is 5.46. The van der Waals surface area contributed by atoms with Crippen LogP contribution in [0.15, 0.2) is 23.6 Å². The van der Waals surface area contributed by atoms with Gasteiger partial charge < -0.3 is 14.8 Å². The summed E-state index contributed by atoms with van der Waals surface area (Å²) < 4.78 is 9.93. The molecule has 1 aliphatic heterocycles. The van der Waals surface area contributed by atoms with Gasteiger partial charge in [0, 0.05) is 5.03 Å². The number of carbonyl (C=O) groups excluding carboxylic acids is 1. The van der Waals surface area contributed by atoms with E-state index in [1.807, 2.05) is 0 Å². The monoisotopic (exact) mass is 203 g/mol. The zero-order valence-electron chi connectivity index (χ0n) is 7.01. The van der Waals surface area contributed by atoms with E-state index in [2.05, 4.69) is 11.9 Å². The van der Waals surface area contributed by atoms with Crippen molar-refractivity contribution in [2.45, 2.75) is 0 Å². The molecule has 0 atom stereocenters. The first kappa shape index (κ1) is 9.92. The third-order valence-electron chi connectivity index (χ3n) is 1.31. The summed E-state index contributed by atoms with van der Waals surface area (Å²) in [6.45, 7) is 4.52. The van der Waals surface area contributed by atoms with Crippen LogP contribution in [0.2, 0.25) is 0 Å². The molecule has 0 radical (unpaired) electrons. The van der Waals surface area contributed by atoms with Gasteiger partial charge in [-0.3, -0.25) is 4.79 Å². The van der Waals surface area contributed by atoms with Crippen molar-refractivity contribution in [1.29, 1.82) is 0 Å². The van der Waals surface area contributed by atoms with Crippen LogP contribution in [0, 0.1) is 0 Å². The predicted octanol–water partition coefficient (Wildman–Crippen LogP) is 0.743. The fourth-order valence-corrected chi connectivity index (χ4v) is 0.818. The predicted molar refractivity (Wildman–Crippen MR) is 48.0 cm³/mol. The van der Waals surface area contributed by atoms with E-state index in [1.54, 1.807) is 0 Å². The lowest BCUT2D eigenvalue weighted by atomic mass is 10.4. The second kappa shape index (κ2) is 4.77. The Morgan fingerprint density at radius 3 is 3.00 bits per heavy atom. The van der Waals surface area contributed by atoms with Crippen LogP contribution in [0.1, 0.15) is 0 Å². The maximum Gasteiger partial charge on any atom is 0.289 e. The Balaban J connectivity index is 2.38. The van der Waals surface area contributed by atoms with Crippen LogP contribution in [-0.4, -0.2) is 25.7 Å². The molecule has 1 rings (SSSR count). The molecule has 1 aliphatic rings. The number of hydrogen-bond donors (Lipinski definition) is 1. The van der Waals surface area contributed by atoms with E-state index in [1.165, 1.54) is 6.26 Å². The van der Waals surface area contributed by atoms with Crippen LogP contribution in [0.25, 0.3) is 0 Å². The van der Waals surface area contributed by atoms with Crippen LogP contribution in [0.3, 0.4) is 0 Å². The molecular weight excluding hydrogens is 194 g/mol. The summed E-state index contributed by atoms with van der Waals surface area (Å²) in [5.41, 5.74) is 0. The Bertz CT molecular complexity index is 250. The Morgan fingerprint density at radius 1 is 1.69 bits per heavy atom. The minimum atomic E-state index is -0.346. The first-order valence-electron chi connectivity index (χ1n) is 3.76. The molecule has 0 spiro atoms. The van der Waals surface area contributed by atoms with Crippen molar-refractivity contribution >= 4 is 17.5 Å². The Kier molecular flexibility index (Phi) is 3.64. The average molecular weight is 204 g/mol. The number of rotatable bonds is 3. The number of hydrogen-bond acceptors (Lipinski definition) is 3. The molecule has 4 nitrogen and oxygen atoms in total. The van der Waals surface area contributed by atoms with Crippen LogP contribution in [-0.2, 0) is 14.3 Å². The van der Waals surface area contributed by atoms with E-state index in [0.717, 1.165) is 0 Å². The van der Waals surface area contributed by atoms with Crippen molar-refractivity contribution in [3.05, 3.63) is 23.6 Å². The van der Waals surface area contributed by atoms with Gasteiger partial charge >= 0.3 is 0 Å². The smallest absolute Gasteiger partial charge is 0.289 e. The van der Waals surface area contributed by atoms with E-state index in [-0.39, 0.29) is 18.2 Å². The van der Waals surface area contributed by atoms with Crippen LogP contribution < -0.4 is 5.32 Å². The third-order valence-corrected chi connectivity index (χ3v) is 1.45. The molecule has 1 amide bonds. The van der Waals surface area contributed by atoms with Gasteiger partial charge in [-0.05, 0) is 0 Å². The molecule has 0 unspecified atom stereocenters. The minimum absolute atomic E-state index is 0.171. The second-order valence-electron chi connectivity index (χ2n) is 2.40. The molecule has 0 aliphatic carbocycles. The van der Waals surface area contributed by atoms with Gasteiger partial charge in [-0.15, -0.1) is 0 Å². The van der Waals surface area contributed by atoms with Crippen LogP contribution in [0.5, 0.6) is 0 Å². The summed E-state index contributed by atoms with van der Waals surface area (Å²) in [5.74, 6) is -0.175. The van der Waals surface area contributed by atoms with Gasteiger partial charge in [-0.25, -0.2) is 0 Å². The molecule has 5 heteroatoms. The van der Waals surface area contributed by atoms with Crippen molar-refractivity contribution in [2.75, 3.05) is 19.8 Å². The standard InChI is InChI=1S/C8H10ClNO3/c1-6(9)4-10-8(11)7-5-12-2-3-13-7/h5H,1-4H2,(H,10,11). The normalized spacial score (nSPS) is 15.0. The largest absolute Gasteiger partial charge is 0.494 e. The number of ether oxygens (including phenoxy) is 2. The number of carbonyl (C=O) groups is 1. The molecule has 1 N–H and O–H groups in total. The Hall–Kier alpha value is -1.16. The lowest BCUT2D eigenvalue weighted by Gasteiger charge is -2.14. The van der Waals surface area contributed by atoms with Gasteiger partial charge in [0.05, 0.1) is 6.54 Å². The van der Waals surface area contributed by atoms with Crippen LogP contribution >= 0.6 is 11.6 Å². The minimum Gasteiger partial charge on any atom is -0.494 e. The summed E-state index contributed by atoms with van der Waals surface area (Å²) in [4.78, 5) is 11.2. The lowest BCUT2D eigenvalue weighted by molar-refractivity contribution is -0.122. The topological polar surface area (TPSA) is 47.6 Å². The fraction of sp³-hybridized carbons (Fsp3) is 0.375. The molecule has 0 saturated carbocycles. The highest BCUT2D eigenvalue weighted by Crippen LogP contribution is 2.04. The van der Waals surface area contributed by atoms with Gasteiger partial charge in [0.1, 0.15) is 19.5 Å². The molecule has 0 saturated heterocycles. The highest BCUT2D eigenvalue weighted by molar-refractivity contribution is 6.29. The zero-order chi connectivity index (χ0) is 9.68. The number of nitrogens with one attached hydrogen (secondary N) is 1. The van der Waals surface area contributed by atoms with Crippen molar-refractivity contribution < 1.29 is 14.3 Å². The molecule has 0 aromatic rings. The van der Waals surface area contributed by atoms with E-state index < -0.39 is 0 Å². The van der Waals surface area contributed by atoms with Gasteiger partial charge in [-0.1, -0.05) is 18.2 Å². The van der Waals surface area contributed by atoms with Crippen molar-refractivity contribution in [3.8, 4) is 0 Å². The summed E-state index contributed by atoms with van der Waals surface area (Å²) in [6.07, 6.45) is 1.29. The Morgan fingerprint density at radius 2 is 2.46 bits per heavy atom. The SMILES string of the molecule is C=C(Cl)CNC(=O)C1=COCCO1. The average Bonchev–Trinajstić information content (AvgIpc) is 2.15. The highest BCUT2D eigenvalue weighted by Gasteiger charge is 2.13. The molecule has 72 valence electrons. The van der Waals surface area contributed by atoms with Gasteiger partial charge in [0.15, 0.2) is 0 Å². The third kappa shape index (κ3) is 3.38. The summed E-state index contributed by atoms with van der Waals surface area (Å²) in [7, 11) is 0. The van der Waals surface area contributed by atoms with Gasteiger partial charge in [-0.2, -0.15) is 0 Å². The van der Waals surface area contributed by atoms with E-state index >= 15 is 0 Å². The molecule has 0 aromatic carbocycles.